The van der Waals surface area contributed by atoms with Crippen LogP contribution in [0.5, 0.6) is 0 Å². The summed E-state index contributed by atoms with van der Waals surface area (Å²) in [5.41, 5.74) is 0.181. The quantitative estimate of drug-likeness (QED) is 0.629. The first-order chi connectivity index (χ1) is 9.94. The molecule has 21 heavy (non-hydrogen) atoms. The van der Waals surface area contributed by atoms with Crippen molar-refractivity contribution in [3.05, 3.63) is 33.1 Å². The van der Waals surface area contributed by atoms with Crippen molar-refractivity contribution >= 4 is 34.1 Å². The van der Waals surface area contributed by atoms with Crippen LogP contribution >= 0.6 is 23.2 Å². The zero-order valence-corrected chi connectivity index (χ0v) is 13.5. The highest BCUT2D eigenvalue weighted by atomic mass is 35.5. The molecule has 2 heterocycles. The van der Waals surface area contributed by atoms with Crippen molar-refractivity contribution in [1.29, 1.82) is 0 Å². The van der Waals surface area contributed by atoms with Gasteiger partial charge in [0.2, 0.25) is 0 Å². The highest BCUT2D eigenvalue weighted by Crippen LogP contribution is 2.19. The normalized spacial score (nSPS) is 10.6. The Morgan fingerprint density at radius 2 is 1.76 bits per heavy atom. The lowest BCUT2D eigenvalue weighted by molar-refractivity contribution is -0.252. The Hall–Kier alpha value is -1.25. The van der Waals surface area contributed by atoms with Gasteiger partial charge in [-0.1, -0.05) is 23.2 Å². The minimum Gasteiger partial charge on any atom is -0.333 e. The predicted octanol–water partition coefficient (Wildman–Crippen LogP) is 1.84. The summed E-state index contributed by atoms with van der Waals surface area (Å²) in [5.74, 6) is 0. The van der Waals surface area contributed by atoms with Crippen molar-refractivity contribution in [1.82, 2.24) is 14.5 Å². The van der Waals surface area contributed by atoms with Crippen molar-refractivity contribution in [2.45, 2.75) is 6.48 Å². The third-order valence-corrected chi connectivity index (χ3v) is 2.86. The molecule has 2 aromatic heterocycles. The largest absolute Gasteiger partial charge is 0.333 e. The summed E-state index contributed by atoms with van der Waals surface area (Å²) in [6, 6.07) is 1.46. The number of fused-ring (bicyclic) bond motifs is 1. The van der Waals surface area contributed by atoms with E-state index in [9.17, 15) is 4.79 Å². The number of nitrogens with zero attached hydrogens (tertiary/aromatic N) is 3. The SMILES string of the molecule is COC(OC)OC.Cn1cnc2c(Cl)nc(Cl)cc2c1=O. The molecule has 7 nitrogen and oxygen atoms in total. The molecule has 0 saturated heterocycles. The second-order valence-electron chi connectivity index (χ2n) is 3.79. The molecule has 0 saturated carbocycles. The molecule has 0 aliphatic carbocycles. The molecule has 9 heteroatoms. The van der Waals surface area contributed by atoms with Gasteiger partial charge in [0.05, 0.1) is 11.7 Å². The van der Waals surface area contributed by atoms with Crippen molar-refractivity contribution in [2.24, 2.45) is 7.05 Å². The molecule has 2 rings (SSSR count). The molecule has 0 atom stereocenters. The summed E-state index contributed by atoms with van der Waals surface area (Å²) < 4.78 is 15.2. The van der Waals surface area contributed by atoms with Crippen LogP contribution in [0.2, 0.25) is 10.3 Å². The maximum Gasteiger partial charge on any atom is 0.270 e. The van der Waals surface area contributed by atoms with E-state index in [1.54, 1.807) is 7.05 Å². The highest BCUT2D eigenvalue weighted by Gasteiger charge is 2.08. The Morgan fingerprint density at radius 1 is 1.19 bits per heavy atom. The number of methoxy groups -OCH3 is 3. The van der Waals surface area contributed by atoms with Gasteiger partial charge in [-0.2, -0.15) is 0 Å². The van der Waals surface area contributed by atoms with Crippen LogP contribution in [0.15, 0.2) is 17.2 Å². The molecule has 0 fully saturated rings. The number of rotatable bonds is 3. The molecule has 0 aliphatic heterocycles. The van der Waals surface area contributed by atoms with Crippen LogP contribution in [0.25, 0.3) is 10.9 Å². The molecule has 0 aliphatic rings. The lowest BCUT2D eigenvalue weighted by Crippen LogP contribution is -2.17. The van der Waals surface area contributed by atoms with Crippen molar-refractivity contribution in [3.63, 3.8) is 0 Å². The number of halogens is 2. The lowest BCUT2D eigenvalue weighted by Gasteiger charge is -2.08. The molecule has 0 unspecified atom stereocenters. The maximum absolute atomic E-state index is 11.6. The van der Waals surface area contributed by atoms with Gasteiger partial charge in [-0.05, 0) is 6.07 Å². The molecule has 0 aromatic carbocycles. The van der Waals surface area contributed by atoms with E-state index in [-0.39, 0.29) is 15.9 Å². The number of hydrogen-bond acceptors (Lipinski definition) is 6. The van der Waals surface area contributed by atoms with E-state index in [1.807, 2.05) is 0 Å². The van der Waals surface area contributed by atoms with Crippen LogP contribution in [-0.4, -0.2) is 42.3 Å². The first-order valence-electron chi connectivity index (χ1n) is 5.70. The van der Waals surface area contributed by atoms with E-state index >= 15 is 0 Å². The predicted molar refractivity (Wildman–Crippen MR) is 79.6 cm³/mol. The summed E-state index contributed by atoms with van der Waals surface area (Å²) in [4.78, 5) is 19.4. The van der Waals surface area contributed by atoms with Crippen LogP contribution in [0.4, 0.5) is 0 Å². The Morgan fingerprint density at radius 3 is 2.24 bits per heavy atom. The van der Waals surface area contributed by atoms with E-state index in [4.69, 9.17) is 23.2 Å². The maximum atomic E-state index is 11.6. The molecule has 2 aromatic rings. The first kappa shape index (κ1) is 17.8. The summed E-state index contributed by atoms with van der Waals surface area (Å²) in [5, 5.41) is 0.706. The number of aromatic nitrogens is 3. The van der Waals surface area contributed by atoms with Gasteiger partial charge in [-0.25, -0.2) is 9.97 Å². The van der Waals surface area contributed by atoms with E-state index in [0.717, 1.165) is 0 Å². The van der Waals surface area contributed by atoms with Gasteiger partial charge in [-0.3, -0.25) is 4.79 Å². The second kappa shape index (κ2) is 8.26. The van der Waals surface area contributed by atoms with Crippen LogP contribution in [0, 0.1) is 0 Å². The zero-order valence-electron chi connectivity index (χ0n) is 12.0. The van der Waals surface area contributed by atoms with Gasteiger partial charge in [0.1, 0.15) is 10.7 Å². The fourth-order valence-electron chi connectivity index (χ4n) is 1.44. The average molecular weight is 336 g/mol. The Balaban J connectivity index is 0.000000270. The van der Waals surface area contributed by atoms with E-state index in [2.05, 4.69) is 24.2 Å². The van der Waals surface area contributed by atoms with Crippen molar-refractivity contribution in [2.75, 3.05) is 21.3 Å². The highest BCUT2D eigenvalue weighted by molar-refractivity contribution is 6.36. The third-order valence-electron chi connectivity index (χ3n) is 2.41. The minimum absolute atomic E-state index is 0.144. The standard InChI is InChI=1S/C8H5Cl2N3O.C4H10O3/c1-13-3-11-6-4(8(13)14)2-5(9)12-7(6)10;1-5-4(6-2)7-3/h2-3H,1H3;4H,1-3H3. The third kappa shape index (κ3) is 4.62. The minimum atomic E-state index is -0.514. The summed E-state index contributed by atoms with van der Waals surface area (Å²) >= 11 is 11.5. The van der Waals surface area contributed by atoms with Gasteiger partial charge in [0.25, 0.3) is 12.0 Å². The molecule has 116 valence electrons. The van der Waals surface area contributed by atoms with E-state index in [1.165, 1.54) is 38.3 Å². The van der Waals surface area contributed by atoms with Gasteiger partial charge in [-0.15, -0.1) is 0 Å². The Kier molecular flexibility index (Phi) is 7.00. The second-order valence-corrected chi connectivity index (χ2v) is 4.53. The first-order valence-corrected chi connectivity index (χ1v) is 6.46. The number of pyridine rings is 1. The number of hydrogen-bond donors (Lipinski definition) is 0. The van der Waals surface area contributed by atoms with E-state index in [0.29, 0.717) is 10.9 Å². The lowest BCUT2D eigenvalue weighted by atomic mass is 10.3. The van der Waals surface area contributed by atoms with Crippen molar-refractivity contribution < 1.29 is 14.2 Å². The molecule has 0 radical (unpaired) electrons. The summed E-state index contributed by atoms with van der Waals surface area (Å²) in [6.07, 6.45) is 1.39. The van der Waals surface area contributed by atoms with Crippen LogP contribution in [0.3, 0.4) is 0 Å². The summed E-state index contributed by atoms with van der Waals surface area (Å²) in [7, 11) is 6.14. The molecule has 0 spiro atoms. The fourth-order valence-corrected chi connectivity index (χ4v) is 1.92. The number of aryl methyl sites for hydroxylation is 1. The smallest absolute Gasteiger partial charge is 0.270 e. The zero-order chi connectivity index (χ0) is 16.0. The Bertz CT molecular complexity index is 653. The van der Waals surface area contributed by atoms with Crippen LogP contribution in [0.1, 0.15) is 0 Å². The van der Waals surface area contributed by atoms with Gasteiger partial charge in [0, 0.05) is 28.4 Å². The Labute approximate surface area is 131 Å². The molecule has 0 bridgehead atoms. The fraction of sp³-hybridized carbons (Fsp3) is 0.417. The molecule has 0 amide bonds. The van der Waals surface area contributed by atoms with Gasteiger partial charge in [0.15, 0.2) is 5.15 Å². The van der Waals surface area contributed by atoms with Crippen LogP contribution in [-0.2, 0) is 21.3 Å². The molecule has 0 N–H and O–H groups in total. The van der Waals surface area contributed by atoms with E-state index < -0.39 is 6.48 Å². The number of ether oxygens (including phenoxy) is 3. The molecular formula is C12H15Cl2N3O4. The van der Waals surface area contributed by atoms with Gasteiger partial charge < -0.3 is 18.8 Å². The topological polar surface area (TPSA) is 75.5 Å². The average Bonchev–Trinajstić information content (AvgIpc) is 2.46. The van der Waals surface area contributed by atoms with Crippen molar-refractivity contribution in [3.8, 4) is 0 Å². The monoisotopic (exact) mass is 335 g/mol. The summed E-state index contributed by atoms with van der Waals surface area (Å²) in [6.45, 7) is -0.514. The van der Waals surface area contributed by atoms with Gasteiger partial charge >= 0.3 is 0 Å². The molecular weight excluding hydrogens is 321 g/mol. The van der Waals surface area contributed by atoms with Crippen LogP contribution < -0.4 is 5.56 Å².